The van der Waals surface area contributed by atoms with Gasteiger partial charge in [0.25, 0.3) is 0 Å². The predicted octanol–water partition coefficient (Wildman–Crippen LogP) is 4.98. The molecular weight excluding hydrogens is 580 g/mol. The Morgan fingerprint density at radius 1 is 1.04 bits per heavy atom. The highest BCUT2D eigenvalue weighted by molar-refractivity contribution is 5.84. The number of aliphatic hydroxyl groups excluding tert-OH is 1. The number of hydrogen-bond acceptors (Lipinski definition) is 6. The van der Waals surface area contributed by atoms with Gasteiger partial charge in [-0.05, 0) is 86.3 Å². The van der Waals surface area contributed by atoms with E-state index in [0.29, 0.717) is 25.6 Å². The van der Waals surface area contributed by atoms with Gasteiger partial charge in [-0.25, -0.2) is 0 Å². The number of carbonyl (C=O) groups excluding carboxylic acids is 2. The molecule has 0 saturated carbocycles. The van der Waals surface area contributed by atoms with E-state index >= 15 is 0 Å². The number of nitrogens with zero attached hydrogens (tertiary/aromatic N) is 1. The zero-order valence-corrected chi connectivity index (χ0v) is 29.7. The van der Waals surface area contributed by atoms with Crippen LogP contribution in [0, 0.1) is 36.5 Å². The quantitative estimate of drug-likeness (QED) is 0.170. The number of hydrogen-bond donors (Lipinski definition) is 4. The summed E-state index contributed by atoms with van der Waals surface area (Å²) in [6, 6.07) is 5.58. The fourth-order valence-electron chi connectivity index (χ4n) is 6.58. The van der Waals surface area contributed by atoms with Crippen LogP contribution in [-0.4, -0.2) is 72.6 Å². The maximum Gasteiger partial charge on any atom is 0.237 e. The average Bonchev–Trinajstić information content (AvgIpc) is 3.32. The molecule has 2 aromatic rings. The number of amides is 2. The van der Waals surface area contributed by atoms with Crippen LogP contribution in [0.3, 0.4) is 0 Å². The van der Waals surface area contributed by atoms with E-state index in [1.807, 2.05) is 27.7 Å². The molecule has 2 amide bonds. The van der Waals surface area contributed by atoms with Gasteiger partial charge in [-0.3, -0.25) is 9.59 Å². The van der Waals surface area contributed by atoms with E-state index in [9.17, 15) is 14.7 Å². The van der Waals surface area contributed by atoms with E-state index in [1.54, 1.807) is 7.11 Å². The Kier molecular flexibility index (Phi) is 15.0. The van der Waals surface area contributed by atoms with Crippen LogP contribution in [0.4, 0.5) is 0 Å². The number of methoxy groups -OCH3 is 1. The Morgan fingerprint density at radius 3 is 2.35 bits per heavy atom. The van der Waals surface area contributed by atoms with Crippen LogP contribution in [0.2, 0.25) is 0 Å². The molecule has 2 heterocycles. The lowest BCUT2D eigenvalue weighted by Crippen LogP contribution is -2.53. The van der Waals surface area contributed by atoms with Gasteiger partial charge in [0.2, 0.25) is 11.8 Å². The topological polar surface area (TPSA) is 128 Å². The zero-order chi connectivity index (χ0) is 34.0. The van der Waals surface area contributed by atoms with Crippen LogP contribution in [0.5, 0.6) is 0 Å². The summed E-state index contributed by atoms with van der Waals surface area (Å²) in [6.07, 6.45) is 5.50. The number of aliphatic hydroxyl groups is 1. The van der Waals surface area contributed by atoms with Crippen molar-refractivity contribution in [2.24, 2.45) is 35.3 Å². The van der Waals surface area contributed by atoms with Gasteiger partial charge in [-0.1, -0.05) is 53.7 Å². The fourth-order valence-corrected chi connectivity index (χ4v) is 6.58. The van der Waals surface area contributed by atoms with Crippen molar-refractivity contribution in [3.8, 4) is 0 Å². The molecule has 1 aromatic heterocycles. The van der Waals surface area contributed by atoms with E-state index < -0.39 is 18.2 Å². The number of aromatic nitrogens is 1. The zero-order valence-electron chi connectivity index (χ0n) is 29.7. The molecule has 1 saturated heterocycles. The molecule has 3 unspecified atom stereocenters. The lowest BCUT2D eigenvalue weighted by molar-refractivity contribution is -0.129. The molecule has 0 aliphatic carbocycles. The van der Waals surface area contributed by atoms with Crippen LogP contribution >= 0.6 is 0 Å². The largest absolute Gasteiger partial charge is 0.391 e. The highest BCUT2D eigenvalue weighted by Gasteiger charge is 2.34. The Balaban J connectivity index is 1.83. The van der Waals surface area contributed by atoms with Crippen molar-refractivity contribution < 1.29 is 24.2 Å². The maximum atomic E-state index is 13.4. The molecule has 0 spiro atoms. The third-order valence-electron chi connectivity index (χ3n) is 9.91. The van der Waals surface area contributed by atoms with Crippen molar-refractivity contribution in [3.05, 3.63) is 35.5 Å². The van der Waals surface area contributed by atoms with Gasteiger partial charge in [-0.2, -0.15) is 0 Å². The molecule has 1 aromatic carbocycles. The van der Waals surface area contributed by atoms with Crippen molar-refractivity contribution >= 4 is 22.7 Å². The molecule has 3 rings (SSSR count). The molecule has 46 heavy (non-hydrogen) atoms. The predicted molar refractivity (Wildman–Crippen MR) is 185 cm³/mol. The Bertz CT molecular complexity index is 1240. The van der Waals surface area contributed by atoms with Gasteiger partial charge >= 0.3 is 0 Å². The van der Waals surface area contributed by atoms with E-state index in [-0.39, 0.29) is 47.9 Å². The number of nitrogens with one attached hydrogen (secondary N) is 2. The lowest BCUT2D eigenvalue weighted by Gasteiger charge is -2.34. The molecule has 9 heteroatoms. The summed E-state index contributed by atoms with van der Waals surface area (Å²) in [5.41, 5.74) is 9.96. The van der Waals surface area contributed by atoms with Gasteiger partial charge in [0.1, 0.15) is 0 Å². The van der Waals surface area contributed by atoms with Crippen LogP contribution in [0.15, 0.2) is 24.4 Å². The maximum absolute atomic E-state index is 13.4. The van der Waals surface area contributed by atoms with Gasteiger partial charge in [0.15, 0.2) is 0 Å². The summed E-state index contributed by atoms with van der Waals surface area (Å²) < 4.78 is 13.1. The Labute approximate surface area is 277 Å². The van der Waals surface area contributed by atoms with Crippen LogP contribution in [0.25, 0.3) is 10.9 Å². The average molecular weight is 643 g/mol. The highest BCUT2D eigenvalue weighted by Crippen LogP contribution is 2.29. The third-order valence-corrected chi connectivity index (χ3v) is 9.91. The number of benzene rings is 1. The van der Waals surface area contributed by atoms with Crippen molar-refractivity contribution in [1.82, 2.24) is 15.2 Å². The van der Waals surface area contributed by atoms with Crippen molar-refractivity contribution in [2.45, 2.75) is 118 Å². The number of fused-ring (bicyclic) bond motifs is 1. The smallest absolute Gasteiger partial charge is 0.237 e. The van der Waals surface area contributed by atoms with Crippen LogP contribution in [0.1, 0.15) is 84.8 Å². The molecule has 9 nitrogen and oxygen atoms in total. The second kappa shape index (κ2) is 18.2. The first kappa shape index (κ1) is 38.0. The molecule has 5 N–H and O–H groups in total. The van der Waals surface area contributed by atoms with E-state index in [4.69, 9.17) is 15.2 Å². The first-order chi connectivity index (χ1) is 21.8. The number of ether oxygens (including phenoxy) is 2. The fraction of sp³-hybridized carbons (Fsp3) is 0.730. The summed E-state index contributed by atoms with van der Waals surface area (Å²) >= 11 is 0. The Hall–Kier alpha value is -2.46. The molecule has 260 valence electrons. The molecular formula is C37H62N4O5. The lowest BCUT2D eigenvalue weighted by atomic mass is 9.80. The van der Waals surface area contributed by atoms with E-state index in [0.717, 1.165) is 38.8 Å². The molecule has 5 atom stereocenters. The number of nitrogens with two attached hydrogens (primary N) is 1. The van der Waals surface area contributed by atoms with E-state index in [2.05, 4.69) is 60.4 Å². The second-order valence-electron chi connectivity index (χ2n) is 14.6. The molecule has 1 fully saturated rings. The van der Waals surface area contributed by atoms with Crippen molar-refractivity contribution in [2.75, 3.05) is 26.9 Å². The van der Waals surface area contributed by atoms with E-state index in [1.165, 1.54) is 22.0 Å². The van der Waals surface area contributed by atoms with Gasteiger partial charge in [-0.15, -0.1) is 0 Å². The summed E-state index contributed by atoms with van der Waals surface area (Å²) in [6.45, 7) is 17.3. The minimum Gasteiger partial charge on any atom is -0.391 e. The molecule has 0 bridgehead atoms. The Morgan fingerprint density at radius 2 is 1.74 bits per heavy atom. The number of rotatable bonds is 18. The first-order valence-corrected chi connectivity index (χ1v) is 17.5. The summed E-state index contributed by atoms with van der Waals surface area (Å²) in [5, 5.41) is 19.3. The summed E-state index contributed by atoms with van der Waals surface area (Å²) in [7, 11) is 1.73. The SMILES string of the molecule is COCCCn1cc(C)c2ccc(CC(C[C@H](NC(=O)[C@@H](N)C(C)C)C(O)CC(C(=O)NC3CCOCC3)C(C)C)C(C)C)cc21. The highest BCUT2D eigenvalue weighted by atomic mass is 16.5. The summed E-state index contributed by atoms with van der Waals surface area (Å²) in [4.78, 5) is 26.7. The molecule has 1 aliphatic rings. The van der Waals surface area contributed by atoms with Gasteiger partial charge in [0.05, 0.1) is 18.2 Å². The van der Waals surface area contributed by atoms with Crippen LogP contribution in [-0.2, 0) is 32.0 Å². The van der Waals surface area contributed by atoms with Crippen LogP contribution < -0.4 is 16.4 Å². The first-order valence-electron chi connectivity index (χ1n) is 17.5. The number of aryl methyl sites for hydroxylation is 2. The van der Waals surface area contributed by atoms with Gasteiger partial charge in [0, 0.05) is 62.5 Å². The third kappa shape index (κ3) is 10.8. The van der Waals surface area contributed by atoms with Gasteiger partial charge < -0.3 is 35.5 Å². The second-order valence-corrected chi connectivity index (χ2v) is 14.6. The van der Waals surface area contributed by atoms with Crippen molar-refractivity contribution in [3.63, 3.8) is 0 Å². The normalized spacial score (nSPS) is 17.8. The summed E-state index contributed by atoms with van der Waals surface area (Å²) in [5.74, 6) is -0.219. The minimum absolute atomic E-state index is 0.0278. The number of carbonyl (C=O) groups is 2. The molecule has 1 aliphatic heterocycles. The monoisotopic (exact) mass is 642 g/mol. The minimum atomic E-state index is -0.902. The molecule has 0 radical (unpaired) electrons. The standard InChI is InChI=1S/C37H62N4O5/c1-23(2)28(18-27-10-11-30-26(7)22-41(33(30)19-27)14-9-15-45-8)20-32(40-37(44)35(38)25(5)6)34(42)21-31(24(3)4)36(43)39-29-12-16-46-17-13-29/h10-11,19,22-25,28-29,31-32,34-35,42H,9,12-18,20-21,38H2,1-8H3,(H,39,43)(H,40,44)/t28?,31?,32-,34?,35-/m0/s1. The van der Waals surface area contributed by atoms with Crippen molar-refractivity contribution in [1.29, 1.82) is 0 Å².